The highest BCUT2D eigenvalue weighted by molar-refractivity contribution is 5.91. The van der Waals surface area contributed by atoms with E-state index < -0.39 is 0 Å². The highest BCUT2D eigenvalue weighted by atomic mass is 16.1. The quantitative estimate of drug-likeness (QED) is 0.826. The number of hydrogen-bond acceptors (Lipinski definition) is 2. The third kappa shape index (κ3) is 5.03. The molecule has 1 atom stereocenters. The van der Waals surface area contributed by atoms with E-state index in [1.807, 2.05) is 32.0 Å². The molecule has 0 aliphatic rings. The summed E-state index contributed by atoms with van der Waals surface area (Å²) in [6.45, 7) is 8.96. The first-order valence-electron chi connectivity index (χ1n) is 7.00. The number of nitrogens with one attached hydrogen (secondary N) is 1. The fraction of sp³-hybridized carbons (Fsp3) is 0.562. The van der Waals surface area contributed by atoms with Crippen molar-refractivity contribution in [2.45, 2.75) is 40.5 Å². The Balaban J connectivity index is 2.62. The monoisotopic (exact) mass is 262 g/mol. The second-order valence-corrected chi connectivity index (χ2v) is 5.73. The van der Waals surface area contributed by atoms with Crippen LogP contribution in [0.1, 0.15) is 37.8 Å². The minimum absolute atomic E-state index is 0.0600. The number of hydrogen-bond donors (Lipinski definition) is 2. The number of nitrogens with two attached hydrogens (primary N) is 1. The van der Waals surface area contributed by atoms with E-state index in [2.05, 4.69) is 19.2 Å². The summed E-state index contributed by atoms with van der Waals surface area (Å²) < 4.78 is 0. The van der Waals surface area contributed by atoms with E-state index in [-0.39, 0.29) is 11.8 Å². The molecule has 0 saturated carbocycles. The molecule has 3 heteroatoms. The van der Waals surface area contributed by atoms with E-state index in [1.54, 1.807) is 0 Å². The molecule has 0 aliphatic heterocycles. The summed E-state index contributed by atoms with van der Waals surface area (Å²) in [4.78, 5) is 12.1. The second-order valence-electron chi connectivity index (χ2n) is 5.73. The van der Waals surface area contributed by atoms with Crippen molar-refractivity contribution >= 4 is 11.6 Å². The molecule has 1 amide bonds. The van der Waals surface area contributed by atoms with Crippen LogP contribution in [0.25, 0.3) is 0 Å². The lowest BCUT2D eigenvalue weighted by molar-refractivity contribution is -0.117. The number of carbonyl (C=O) groups is 1. The molecule has 3 N–H and O–H groups in total. The van der Waals surface area contributed by atoms with Crippen LogP contribution in [0.15, 0.2) is 18.2 Å². The van der Waals surface area contributed by atoms with Crippen LogP contribution >= 0.6 is 0 Å². The van der Waals surface area contributed by atoms with E-state index in [0.717, 1.165) is 17.7 Å². The van der Waals surface area contributed by atoms with Gasteiger partial charge in [0.25, 0.3) is 0 Å². The summed E-state index contributed by atoms with van der Waals surface area (Å²) in [6, 6.07) is 5.96. The second kappa shape index (κ2) is 7.29. The molecule has 0 spiro atoms. The maximum Gasteiger partial charge on any atom is 0.224 e. The van der Waals surface area contributed by atoms with Gasteiger partial charge in [-0.25, -0.2) is 0 Å². The molecule has 0 aliphatic carbocycles. The van der Waals surface area contributed by atoms with Crippen LogP contribution < -0.4 is 11.1 Å². The number of aryl methyl sites for hydroxylation is 1. The van der Waals surface area contributed by atoms with Crippen molar-refractivity contribution in [2.75, 3.05) is 11.9 Å². The minimum Gasteiger partial charge on any atom is -0.330 e. The van der Waals surface area contributed by atoms with Crippen molar-refractivity contribution in [3.63, 3.8) is 0 Å². The smallest absolute Gasteiger partial charge is 0.224 e. The van der Waals surface area contributed by atoms with E-state index in [9.17, 15) is 4.79 Å². The predicted octanol–water partition coefficient (Wildman–Crippen LogP) is 3.25. The molecule has 19 heavy (non-hydrogen) atoms. The molecule has 0 aromatic heterocycles. The molecule has 1 aromatic rings. The third-order valence-electron chi connectivity index (χ3n) is 3.49. The van der Waals surface area contributed by atoms with Gasteiger partial charge >= 0.3 is 0 Å². The minimum atomic E-state index is 0.0600. The van der Waals surface area contributed by atoms with E-state index in [0.29, 0.717) is 18.9 Å². The normalized spacial score (nSPS) is 12.5. The first-order chi connectivity index (χ1) is 8.93. The molecule has 0 heterocycles. The molecule has 0 fully saturated rings. The molecule has 3 nitrogen and oxygen atoms in total. The molecule has 1 aromatic carbocycles. The van der Waals surface area contributed by atoms with Crippen molar-refractivity contribution in [3.05, 3.63) is 29.3 Å². The zero-order valence-corrected chi connectivity index (χ0v) is 12.5. The fourth-order valence-electron chi connectivity index (χ4n) is 2.28. The molecule has 0 saturated heterocycles. The lowest BCUT2D eigenvalue weighted by Gasteiger charge is -2.17. The Kier molecular flexibility index (Phi) is 6.03. The SMILES string of the molecule is Cc1cccc(NC(=O)C[C@@H](CN)CC(C)C)c1C. The topological polar surface area (TPSA) is 55.1 Å². The Morgan fingerprint density at radius 2 is 2.00 bits per heavy atom. The Bertz CT molecular complexity index is 427. The summed E-state index contributed by atoms with van der Waals surface area (Å²) in [6.07, 6.45) is 1.50. The van der Waals surface area contributed by atoms with Crippen molar-refractivity contribution in [2.24, 2.45) is 17.6 Å². The first-order valence-corrected chi connectivity index (χ1v) is 7.00. The molecular weight excluding hydrogens is 236 g/mol. The summed E-state index contributed by atoms with van der Waals surface area (Å²) in [7, 11) is 0. The van der Waals surface area contributed by atoms with Gasteiger partial charge in [-0.15, -0.1) is 0 Å². The van der Waals surface area contributed by atoms with Crippen molar-refractivity contribution in [3.8, 4) is 0 Å². The maximum atomic E-state index is 12.1. The molecular formula is C16H26N2O. The van der Waals surface area contributed by atoms with Crippen LogP contribution in [-0.2, 0) is 4.79 Å². The number of amides is 1. The summed E-state index contributed by atoms with van der Waals surface area (Å²) >= 11 is 0. The fourth-order valence-corrected chi connectivity index (χ4v) is 2.28. The predicted molar refractivity (Wildman–Crippen MR) is 81.2 cm³/mol. The summed E-state index contributed by atoms with van der Waals surface area (Å²) in [5, 5.41) is 2.99. The lowest BCUT2D eigenvalue weighted by Crippen LogP contribution is -2.23. The van der Waals surface area contributed by atoms with Crippen molar-refractivity contribution < 1.29 is 4.79 Å². The van der Waals surface area contributed by atoms with Crippen LogP contribution in [0.5, 0.6) is 0 Å². The zero-order valence-electron chi connectivity index (χ0n) is 12.5. The van der Waals surface area contributed by atoms with Gasteiger partial charge in [-0.05, 0) is 55.8 Å². The van der Waals surface area contributed by atoms with Gasteiger partial charge in [0.15, 0.2) is 0 Å². The maximum absolute atomic E-state index is 12.1. The van der Waals surface area contributed by atoms with Crippen LogP contribution in [0.3, 0.4) is 0 Å². The third-order valence-corrected chi connectivity index (χ3v) is 3.49. The number of anilines is 1. The van der Waals surface area contributed by atoms with Crippen molar-refractivity contribution in [1.29, 1.82) is 0 Å². The van der Waals surface area contributed by atoms with Crippen LogP contribution in [-0.4, -0.2) is 12.5 Å². The summed E-state index contributed by atoms with van der Waals surface area (Å²) in [5.41, 5.74) is 8.96. The van der Waals surface area contributed by atoms with E-state index >= 15 is 0 Å². The van der Waals surface area contributed by atoms with Gasteiger partial charge in [-0.3, -0.25) is 4.79 Å². The Morgan fingerprint density at radius 1 is 1.32 bits per heavy atom. The van der Waals surface area contributed by atoms with E-state index in [1.165, 1.54) is 5.56 Å². The molecule has 106 valence electrons. The van der Waals surface area contributed by atoms with Gasteiger partial charge in [0.2, 0.25) is 5.91 Å². The largest absolute Gasteiger partial charge is 0.330 e. The van der Waals surface area contributed by atoms with Gasteiger partial charge in [0.1, 0.15) is 0 Å². The first kappa shape index (κ1) is 15.7. The van der Waals surface area contributed by atoms with E-state index in [4.69, 9.17) is 5.73 Å². The van der Waals surface area contributed by atoms with Gasteiger partial charge < -0.3 is 11.1 Å². The van der Waals surface area contributed by atoms with Gasteiger partial charge in [0, 0.05) is 12.1 Å². The highest BCUT2D eigenvalue weighted by Crippen LogP contribution is 2.20. The van der Waals surface area contributed by atoms with Crippen LogP contribution in [0, 0.1) is 25.7 Å². The number of benzene rings is 1. The van der Waals surface area contributed by atoms with Crippen LogP contribution in [0.4, 0.5) is 5.69 Å². The number of carbonyl (C=O) groups excluding carboxylic acids is 1. The molecule has 1 rings (SSSR count). The zero-order chi connectivity index (χ0) is 14.4. The standard InChI is InChI=1S/C16H26N2O/c1-11(2)8-14(10-17)9-16(19)18-15-7-5-6-12(3)13(15)4/h5-7,11,14H,8-10,17H2,1-4H3,(H,18,19)/t14-/m0/s1. The molecule has 0 radical (unpaired) electrons. The Hall–Kier alpha value is -1.35. The molecule has 0 bridgehead atoms. The average molecular weight is 262 g/mol. The molecule has 0 unspecified atom stereocenters. The lowest BCUT2D eigenvalue weighted by atomic mass is 9.94. The van der Waals surface area contributed by atoms with Gasteiger partial charge in [-0.2, -0.15) is 0 Å². The van der Waals surface area contributed by atoms with Gasteiger partial charge in [-0.1, -0.05) is 26.0 Å². The Morgan fingerprint density at radius 3 is 2.58 bits per heavy atom. The van der Waals surface area contributed by atoms with Crippen LogP contribution in [0.2, 0.25) is 0 Å². The van der Waals surface area contributed by atoms with Crippen molar-refractivity contribution in [1.82, 2.24) is 0 Å². The Labute approximate surface area is 116 Å². The van der Waals surface area contributed by atoms with Gasteiger partial charge in [0.05, 0.1) is 0 Å². The number of rotatable bonds is 6. The average Bonchev–Trinajstić information content (AvgIpc) is 2.33. The summed E-state index contributed by atoms with van der Waals surface area (Å²) in [5.74, 6) is 0.900. The highest BCUT2D eigenvalue weighted by Gasteiger charge is 2.14.